The summed E-state index contributed by atoms with van der Waals surface area (Å²) in [7, 11) is 0. The van der Waals surface area contributed by atoms with Gasteiger partial charge in [-0.25, -0.2) is 9.97 Å². The van der Waals surface area contributed by atoms with Crippen LogP contribution in [0, 0.1) is 19.8 Å². The maximum absolute atomic E-state index is 4.45. The third-order valence-corrected chi connectivity index (χ3v) is 3.29. The summed E-state index contributed by atoms with van der Waals surface area (Å²) >= 11 is 0. The van der Waals surface area contributed by atoms with Gasteiger partial charge in [-0.2, -0.15) is 0 Å². The lowest BCUT2D eigenvalue weighted by Crippen LogP contribution is -2.03. The van der Waals surface area contributed by atoms with Crippen LogP contribution in [-0.2, 0) is 0 Å². The fourth-order valence-electron chi connectivity index (χ4n) is 2.12. The summed E-state index contributed by atoms with van der Waals surface area (Å²) < 4.78 is 0. The molecule has 1 aromatic carbocycles. The van der Waals surface area contributed by atoms with Crippen LogP contribution in [0.15, 0.2) is 18.2 Å². The molecule has 3 nitrogen and oxygen atoms in total. The Balaban J connectivity index is 1.93. The first-order valence-corrected chi connectivity index (χ1v) is 6.21. The largest absolute Gasteiger partial charge is 0.385 e. The molecule has 1 N–H and O–H groups in total. The molecule has 1 aliphatic carbocycles. The summed E-state index contributed by atoms with van der Waals surface area (Å²) in [5, 5.41) is 4.63. The molecule has 3 heteroatoms. The number of benzene rings is 1. The molecule has 0 amide bonds. The number of fused-ring (bicyclic) bond motifs is 1. The standard InChI is InChI=1S/C14H17N3/c1-9-13-7-12(15-8-11-3-4-11)5-6-14(13)17-10(2)16-9/h5-7,11,15H,3-4,8H2,1-2H3. The van der Waals surface area contributed by atoms with Crippen LogP contribution in [0.4, 0.5) is 5.69 Å². The van der Waals surface area contributed by atoms with Gasteiger partial charge in [0.1, 0.15) is 5.82 Å². The predicted octanol–water partition coefficient (Wildman–Crippen LogP) is 3.07. The number of hydrogen-bond donors (Lipinski definition) is 1. The highest BCUT2D eigenvalue weighted by molar-refractivity contribution is 5.84. The monoisotopic (exact) mass is 227 g/mol. The fourth-order valence-corrected chi connectivity index (χ4v) is 2.12. The smallest absolute Gasteiger partial charge is 0.126 e. The first-order valence-electron chi connectivity index (χ1n) is 6.21. The third-order valence-electron chi connectivity index (χ3n) is 3.29. The molecule has 1 fully saturated rings. The molecule has 17 heavy (non-hydrogen) atoms. The molecular weight excluding hydrogens is 210 g/mol. The molecule has 1 heterocycles. The Labute approximate surface area is 101 Å². The van der Waals surface area contributed by atoms with Crippen molar-refractivity contribution in [2.45, 2.75) is 26.7 Å². The van der Waals surface area contributed by atoms with Crippen LogP contribution in [0.2, 0.25) is 0 Å². The average molecular weight is 227 g/mol. The minimum Gasteiger partial charge on any atom is -0.385 e. The van der Waals surface area contributed by atoms with E-state index >= 15 is 0 Å². The second-order valence-corrected chi connectivity index (χ2v) is 4.91. The van der Waals surface area contributed by atoms with Crippen molar-refractivity contribution in [2.75, 3.05) is 11.9 Å². The Bertz CT molecular complexity index is 559. The highest BCUT2D eigenvalue weighted by Gasteiger charge is 2.20. The van der Waals surface area contributed by atoms with Crippen LogP contribution in [0.5, 0.6) is 0 Å². The number of rotatable bonds is 3. The summed E-state index contributed by atoms with van der Waals surface area (Å²) in [6.45, 7) is 5.07. The van der Waals surface area contributed by atoms with E-state index in [1.165, 1.54) is 18.5 Å². The van der Waals surface area contributed by atoms with Gasteiger partial charge >= 0.3 is 0 Å². The lowest BCUT2D eigenvalue weighted by molar-refractivity contribution is 0.889. The zero-order chi connectivity index (χ0) is 11.8. The summed E-state index contributed by atoms with van der Waals surface area (Å²) in [6.07, 6.45) is 2.75. The summed E-state index contributed by atoms with van der Waals surface area (Å²) in [4.78, 5) is 8.86. The normalized spacial score (nSPS) is 15.2. The van der Waals surface area contributed by atoms with Crippen molar-refractivity contribution in [3.63, 3.8) is 0 Å². The van der Waals surface area contributed by atoms with Gasteiger partial charge in [0.2, 0.25) is 0 Å². The molecular formula is C14H17N3. The molecule has 1 aliphatic rings. The fraction of sp³-hybridized carbons (Fsp3) is 0.429. The molecule has 2 aromatic rings. The Hall–Kier alpha value is -1.64. The van der Waals surface area contributed by atoms with Gasteiger partial charge in [0.15, 0.2) is 0 Å². The first kappa shape index (κ1) is 10.5. The van der Waals surface area contributed by atoms with Crippen LogP contribution >= 0.6 is 0 Å². The second kappa shape index (κ2) is 3.99. The predicted molar refractivity (Wildman–Crippen MR) is 70.2 cm³/mol. The van der Waals surface area contributed by atoms with E-state index in [-0.39, 0.29) is 0 Å². The second-order valence-electron chi connectivity index (χ2n) is 4.91. The lowest BCUT2D eigenvalue weighted by Gasteiger charge is -2.08. The Morgan fingerprint density at radius 2 is 2.06 bits per heavy atom. The van der Waals surface area contributed by atoms with Crippen molar-refractivity contribution >= 4 is 16.6 Å². The van der Waals surface area contributed by atoms with E-state index in [4.69, 9.17) is 0 Å². The third kappa shape index (κ3) is 2.23. The molecule has 88 valence electrons. The van der Waals surface area contributed by atoms with E-state index in [2.05, 4.69) is 33.5 Å². The van der Waals surface area contributed by atoms with Crippen molar-refractivity contribution in [2.24, 2.45) is 5.92 Å². The number of anilines is 1. The molecule has 0 aliphatic heterocycles. The molecule has 0 unspecified atom stereocenters. The van der Waals surface area contributed by atoms with Gasteiger partial charge in [0.25, 0.3) is 0 Å². The SMILES string of the molecule is Cc1nc(C)c2cc(NCC3CC3)ccc2n1. The van der Waals surface area contributed by atoms with Crippen molar-refractivity contribution in [3.05, 3.63) is 29.7 Å². The van der Waals surface area contributed by atoms with Crippen LogP contribution in [0.25, 0.3) is 10.9 Å². The van der Waals surface area contributed by atoms with Crippen molar-refractivity contribution in [3.8, 4) is 0 Å². The highest BCUT2D eigenvalue weighted by atomic mass is 14.9. The minimum absolute atomic E-state index is 0.841. The van der Waals surface area contributed by atoms with Crippen molar-refractivity contribution < 1.29 is 0 Å². The van der Waals surface area contributed by atoms with Crippen molar-refractivity contribution in [1.29, 1.82) is 0 Å². The molecule has 0 atom stereocenters. The molecule has 0 saturated heterocycles. The van der Waals surface area contributed by atoms with E-state index in [9.17, 15) is 0 Å². The van der Waals surface area contributed by atoms with Crippen LogP contribution < -0.4 is 5.32 Å². The number of nitrogens with zero attached hydrogens (tertiary/aromatic N) is 2. The molecule has 0 bridgehead atoms. The molecule has 1 aromatic heterocycles. The van der Waals surface area contributed by atoms with E-state index in [1.807, 2.05) is 13.8 Å². The van der Waals surface area contributed by atoms with Gasteiger partial charge in [-0.1, -0.05) is 0 Å². The van der Waals surface area contributed by atoms with Gasteiger partial charge in [0.05, 0.1) is 5.52 Å². The van der Waals surface area contributed by atoms with E-state index < -0.39 is 0 Å². The molecule has 0 spiro atoms. The minimum atomic E-state index is 0.841. The van der Waals surface area contributed by atoms with Crippen molar-refractivity contribution in [1.82, 2.24) is 9.97 Å². The topological polar surface area (TPSA) is 37.8 Å². The van der Waals surface area contributed by atoms with E-state index in [1.54, 1.807) is 0 Å². The lowest BCUT2D eigenvalue weighted by atomic mass is 10.1. The van der Waals surface area contributed by atoms with Crippen LogP contribution in [-0.4, -0.2) is 16.5 Å². The van der Waals surface area contributed by atoms with E-state index in [0.29, 0.717) is 0 Å². The van der Waals surface area contributed by atoms with Crippen LogP contribution in [0.3, 0.4) is 0 Å². The van der Waals surface area contributed by atoms with Gasteiger partial charge < -0.3 is 5.32 Å². The number of nitrogens with one attached hydrogen (secondary N) is 1. The maximum Gasteiger partial charge on any atom is 0.126 e. The number of aromatic nitrogens is 2. The Morgan fingerprint density at radius 3 is 2.82 bits per heavy atom. The van der Waals surface area contributed by atoms with Gasteiger partial charge in [-0.05, 0) is 50.8 Å². The molecule has 1 saturated carbocycles. The Kier molecular flexibility index (Phi) is 2.46. The average Bonchev–Trinajstić information content (AvgIpc) is 3.10. The maximum atomic E-state index is 4.45. The summed E-state index contributed by atoms with van der Waals surface area (Å²) in [6, 6.07) is 6.34. The number of hydrogen-bond acceptors (Lipinski definition) is 3. The first-order chi connectivity index (χ1) is 8.22. The van der Waals surface area contributed by atoms with Gasteiger partial charge in [-0.15, -0.1) is 0 Å². The van der Waals surface area contributed by atoms with Crippen LogP contribution in [0.1, 0.15) is 24.4 Å². The van der Waals surface area contributed by atoms with Gasteiger partial charge in [-0.3, -0.25) is 0 Å². The highest BCUT2D eigenvalue weighted by Crippen LogP contribution is 2.29. The zero-order valence-corrected chi connectivity index (χ0v) is 10.3. The van der Waals surface area contributed by atoms with E-state index in [0.717, 1.165) is 34.9 Å². The summed E-state index contributed by atoms with van der Waals surface area (Å²) in [5.74, 6) is 1.73. The molecule has 0 radical (unpaired) electrons. The molecule has 3 rings (SSSR count). The summed E-state index contributed by atoms with van der Waals surface area (Å²) in [5.41, 5.74) is 3.27. The quantitative estimate of drug-likeness (QED) is 0.875. The Morgan fingerprint density at radius 1 is 1.24 bits per heavy atom. The number of aryl methyl sites for hydroxylation is 2. The zero-order valence-electron chi connectivity index (χ0n) is 10.3. The van der Waals surface area contributed by atoms with Gasteiger partial charge in [0, 0.05) is 23.3 Å².